The molecule has 2 aromatic carbocycles. The molecule has 0 saturated carbocycles. The lowest BCUT2D eigenvalue weighted by Gasteiger charge is -2.30. The zero-order valence-corrected chi connectivity index (χ0v) is 14.6. The highest BCUT2D eigenvalue weighted by molar-refractivity contribution is 7.59. The fourth-order valence-electron chi connectivity index (χ4n) is 3.53. The molecule has 0 N–H and O–H groups in total. The van der Waals surface area contributed by atoms with Crippen molar-refractivity contribution in [3.05, 3.63) is 54.6 Å². The standard InChI is InChI=1S/C18H21N2O3P/c1-22-17-10-5-11-18(13-17)23-24(21)19-12-6-9-16(19)14-20(24)15-7-3-2-4-8-15/h2-5,7-8,10-11,13,16H,6,9,12,14H2,1H3/t16-,24+/m0/s1. The van der Waals surface area contributed by atoms with E-state index in [4.69, 9.17) is 9.26 Å². The zero-order valence-electron chi connectivity index (χ0n) is 13.7. The number of nitrogens with zero attached hydrogens (tertiary/aromatic N) is 2. The molecule has 0 radical (unpaired) electrons. The molecule has 2 aliphatic rings. The predicted octanol–water partition coefficient (Wildman–Crippen LogP) is 4.17. The maximum atomic E-state index is 13.9. The summed E-state index contributed by atoms with van der Waals surface area (Å²) in [6, 6.07) is 17.5. The summed E-state index contributed by atoms with van der Waals surface area (Å²) in [5.41, 5.74) is 0.943. The van der Waals surface area contributed by atoms with Crippen molar-refractivity contribution >= 4 is 13.4 Å². The van der Waals surface area contributed by atoms with Crippen LogP contribution in [0.3, 0.4) is 0 Å². The first-order valence-electron chi connectivity index (χ1n) is 8.24. The van der Waals surface area contributed by atoms with Crippen LogP contribution < -0.4 is 13.9 Å². The van der Waals surface area contributed by atoms with Crippen LogP contribution in [-0.4, -0.2) is 30.9 Å². The van der Waals surface area contributed by atoms with Gasteiger partial charge in [-0.3, -0.25) is 4.67 Å². The molecule has 2 aromatic rings. The second-order valence-corrected chi connectivity index (χ2v) is 8.30. The molecule has 0 aromatic heterocycles. The van der Waals surface area contributed by atoms with Gasteiger partial charge in [0.2, 0.25) is 0 Å². The molecule has 2 fully saturated rings. The van der Waals surface area contributed by atoms with Gasteiger partial charge in [-0.05, 0) is 37.1 Å². The van der Waals surface area contributed by atoms with Crippen LogP contribution in [0.25, 0.3) is 0 Å². The number of ether oxygens (including phenoxy) is 1. The minimum atomic E-state index is -3.15. The van der Waals surface area contributed by atoms with E-state index in [0.29, 0.717) is 17.5 Å². The van der Waals surface area contributed by atoms with Crippen molar-refractivity contribution < 1.29 is 13.8 Å². The maximum Gasteiger partial charge on any atom is 0.422 e. The van der Waals surface area contributed by atoms with Gasteiger partial charge in [0.15, 0.2) is 0 Å². The fraction of sp³-hybridized carbons (Fsp3) is 0.333. The largest absolute Gasteiger partial charge is 0.497 e. The van der Waals surface area contributed by atoms with Gasteiger partial charge in [-0.1, -0.05) is 24.3 Å². The Balaban J connectivity index is 1.71. The van der Waals surface area contributed by atoms with E-state index in [9.17, 15) is 4.57 Å². The van der Waals surface area contributed by atoms with Crippen molar-refractivity contribution in [3.8, 4) is 11.5 Å². The molecule has 2 aliphatic heterocycles. The van der Waals surface area contributed by atoms with Gasteiger partial charge in [0.05, 0.1) is 7.11 Å². The second kappa shape index (κ2) is 6.15. The maximum absolute atomic E-state index is 13.9. The summed E-state index contributed by atoms with van der Waals surface area (Å²) >= 11 is 0. The van der Waals surface area contributed by atoms with Crippen LogP contribution in [0.15, 0.2) is 54.6 Å². The number of fused-ring (bicyclic) bond motifs is 1. The molecule has 5 nitrogen and oxygen atoms in total. The summed E-state index contributed by atoms with van der Waals surface area (Å²) in [5.74, 6) is 1.27. The lowest BCUT2D eigenvalue weighted by molar-refractivity contribution is 0.372. The SMILES string of the molecule is COc1cccc(O[P@@]2(=O)N(c3ccccc3)C[C@@H]3CCCN32)c1. The van der Waals surface area contributed by atoms with E-state index in [1.54, 1.807) is 13.2 Å². The van der Waals surface area contributed by atoms with Crippen LogP contribution in [-0.2, 0) is 4.57 Å². The lowest BCUT2D eigenvalue weighted by atomic mass is 10.2. The van der Waals surface area contributed by atoms with Crippen molar-refractivity contribution in [2.45, 2.75) is 18.9 Å². The van der Waals surface area contributed by atoms with Gasteiger partial charge >= 0.3 is 7.67 Å². The highest BCUT2D eigenvalue weighted by Gasteiger charge is 2.53. The van der Waals surface area contributed by atoms with Gasteiger partial charge in [0.1, 0.15) is 11.5 Å². The minimum Gasteiger partial charge on any atom is -0.497 e. The van der Waals surface area contributed by atoms with Crippen LogP contribution in [0.5, 0.6) is 11.5 Å². The summed E-state index contributed by atoms with van der Waals surface area (Å²) in [7, 11) is -1.53. The highest BCUT2D eigenvalue weighted by atomic mass is 31.2. The first-order chi connectivity index (χ1) is 11.7. The minimum absolute atomic E-state index is 0.293. The monoisotopic (exact) mass is 344 g/mol. The van der Waals surface area contributed by atoms with E-state index in [0.717, 1.165) is 31.6 Å². The third kappa shape index (κ3) is 2.58. The number of hydrogen-bond acceptors (Lipinski definition) is 3. The first kappa shape index (κ1) is 15.6. The Morgan fingerprint density at radius 2 is 1.88 bits per heavy atom. The molecule has 2 atom stereocenters. The summed E-state index contributed by atoms with van der Waals surface area (Å²) < 4.78 is 29.3. The Hall–Kier alpha value is -1.97. The summed E-state index contributed by atoms with van der Waals surface area (Å²) in [6.07, 6.45) is 2.13. The van der Waals surface area contributed by atoms with Gasteiger partial charge in [-0.15, -0.1) is 0 Å². The number of rotatable bonds is 4. The Kier molecular flexibility index (Phi) is 3.99. The van der Waals surface area contributed by atoms with Crippen molar-refractivity contribution in [2.24, 2.45) is 0 Å². The first-order valence-corrected chi connectivity index (χ1v) is 9.77. The molecule has 0 amide bonds. The van der Waals surface area contributed by atoms with Crippen molar-refractivity contribution in [3.63, 3.8) is 0 Å². The van der Waals surface area contributed by atoms with E-state index >= 15 is 0 Å². The highest BCUT2D eigenvalue weighted by Crippen LogP contribution is 2.63. The lowest BCUT2D eigenvalue weighted by Crippen LogP contribution is -2.23. The molecule has 6 heteroatoms. The molecule has 2 saturated heterocycles. The third-order valence-corrected chi connectivity index (χ3v) is 7.31. The molecule has 2 heterocycles. The molecular formula is C18H21N2O3P. The van der Waals surface area contributed by atoms with Crippen LogP contribution in [0.4, 0.5) is 5.69 Å². The summed E-state index contributed by atoms with van der Waals surface area (Å²) in [6.45, 7) is 1.56. The third-order valence-electron chi connectivity index (χ3n) is 4.68. The number of para-hydroxylation sites is 1. The summed E-state index contributed by atoms with van der Waals surface area (Å²) in [5, 5.41) is 0. The van der Waals surface area contributed by atoms with Crippen LogP contribution >= 0.6 is 7.67 Å². The van der Waals surface area contributed by atoms with Gasteiger partial charge in [-0.2, -0.15) is 4.67 Å². The smallest absolute Gasteiger partial charge is 0.422 e. The van der Waals surface area contributed by atoms with E-state index in [1.165, 1.54) is 0 Å². The Bertz CT molecular complexity index is 768. The van der Waals surface area contributed by atoms with Gasteiger partial charge in [0, 0.05) is 30.9 Å². The molecule has 4 rings (SSSR count). The van der Waals surface area contributed by atoms with Crippen molar-refractivity contribution in [2.75, 3.05) is 24.9 Å². The predicted molar refractivity (Wildman–Crippen MR) is 94.7 cm³/mol. The quantitative estimate of drug-likeness (QED) is 0.779. The normalized spacial score (nSPS) is 26.4. The number of methoxy groups -OCH3 is 1. The van der Waals surface area contributed by atoms with Crippen LogP contribution in [0.1, 0.15) is 12.8 Å². The topological polar surface area (TPSA) is 42.0 Å². The molecular weight excluding hydrogens is 323 g/mol. The van der Waals surface area contributed by atoms with Gasteiger partial charge in [-0.25, -0.2) is 4.57 Å². The average Bonchev–Trinajstić information content (AvgIpc) is 3.18. The Labute approximate surface area is 142 Å². The number of anilines is 1. The Morgan fingerprint density at radius 1 is 1.08 bits per heavy atom. The van der Waals surface area contributed by atoms with Crippen LogP contribution in [0.2, 0.25) is 0 Å². The fourth-order valence-corrected chi connectivity index (χ4v) is 6.21. The molecule has 126 valence electrons. The molecule has 0 aliphatic carbocycles. The molecule has 0 spiro atoms. The molecule has 0 unspecified atom stereocenters. The Morgan fingerprint density at radius 3 is 2.67 bits per heavy atom. The van der Waals surface area contributed by atoms with Crippen molar-refractivity contribution in [1.29, 1.82) is 0 Å². The summed E-state index contributed by atoms with van der Waals surface area (Å²) in [4.78, 5) is 0. The van der Waals surface area contributed by atoms with Gasteiger partial charge < -0.3 is 9.26 Å². The van der Waals surface area contributed by atoms with E-state index in [-0.39, 0.29) is 0 Å². The average molecular weight is 344 g/mol. The molecule has 0 bridgehead atoms. The van der Waals surface area contributed by atoms with E-state index in [2.05, 4.69) is 4.67 Å². The van der Waals surface area contributed by atoms with Crippen molar-refractivity contribution in [1.82, 2.24) is 4.67 Å². The van der Waals surface area contributed by atoms with Gasteiger partial charge in [0.25, 0.3) is 0 Å². The number of hydrogen-bond donors (Lipinski definition) is 0. The van der Waals surface area contributed by atoms with E-state index < -0.39 is 7.67 Å². The number of benzene rings is 2. The van der Waals surface area contributed by atoms with Crippen LogP contribution in [0, 0.1) is 0 Å². The zero-order chi connectivity index (χ0) is 16.6. The van der Waals surface area contributed by atoms with E-state index in [1.807, 2.05) is 53.2 Å². The molecule has 24 heavy (non-hydrogen) atoms. The second-order valence-electron chi connectivity index (χ2n) is 6.14.